The molecule has 29 heavy (non-hydrogen) atoms. The molecule has 5 rings (SSSR count). The standard InChI is InChI=1S/C27H22N2/c28-27(29)22-16-20(25-13-5-9-18-7-1-3-11-23(18)25)15-21(17-22)26-14-6-10-19-8-2-4-12-24(19)26/h1-5,7-9,11-17H,6,10H2,(H3,28,29). The smallest absolute Gasteiger partial charge is 0.122 e. The summed E-state index contributed by atoms with van der Waals surface area (Å²) in [6.45, 7) is 0. The van der Waals surface area contributed by atoms with Gasteiger partial charge in [-0.2, -0.15) is 0 Å². The van der Waals surface area contributed by atoms with Crippen molar-refractivity contribution in [2.75, 3.05) is 0 Å². The van der Waals surface area contributed by atoms with E-state index in [9.17, 15) is 0 Å². The summed E-state index contributed by atoms with van der Waals surface area (Å²) in [5.74, 6) is 0.0954. The molecule has 0 aliphatic heterocycles. The average molecular weight is 374 g/mol. The van der Waals surface area contributed by atoms with Crippen molar-refractivity contribution in [3.05, 3.63) is 113 Å². The number of nitrogens with one attached hydrogen (secondary N) is 1. The molecule has 0 saturated carbocycles. The SMILES string of the molecule is N=C(N)c1cc(C2=CCCc3ccccc32)cc(-c2cccc3ccccc23)c1. The first-order valence-electron chi connectivity index (χ1n) is 9.97. The Bertz CT molecular complexity index is 1280. The molecular formula is C27H22N2. The van der Waals surface area contributed by atoms with Gasteiger partial charge in [0.05, 0.1) is 0 Å². The van der Waals surface area contributed by atoms with Crippen LogP contribution in [0, 0.1) is 5.41 Å². The molecule has 140 valence electrons. The Morgan fingerprint density at radius 1 is 0.759 bits per heavy atom. The van der Waals surface area contributed by atoms with Crippen LogP contribution in [0.15, 0.2) is 91.0 Å². The third-order valence-electron chi connectivity index (χ3n) is 5.73. The van der Waals surface area contributed by atoms with Gasteiger partial charge in [0.25, 0.3) is 0 Å². The maximum atomic E-state index is 8.07. The number of rotatable bonds is 3. The molecule has 0 unspecified atom stereocenters. The molecule has 0 bridgehead atoms. The minimum Gasteiger partial charge on any atom is -0.384 e. The van der Waals surface area contributed by atoms with E-state index in [1.54, 1.807) is 0 Å². The fourth-order valence-electron chi connectivity index (χ4n) is 4.33. The Hall–Kier alpha value is -3.65. The van der Waals surface area contributed by atoms with Gasteiger partial charge >= 0.3 is 0 Å². The highest BCUT2D eigenvalue weighted by Gasteiger charge is 2.16. The van der Waals surface area contributed by atoms with Gasteiger partial charge in [-0.1, -0.05) is 72.8 Å². The van der Waals surface area contributed by atoms with Crippen molar-refractivity contribution in [2.45, 2.75) is 12.8 Å². The third kappa shape index (κ3) is 3.13. The monoisotopic (exact) mass is 374 g/mol. The lowest BCUT2D eigenvalue weighted by atomic mass is 9.85. The average Bonchev–Trinajstić information content (AvgIpc) is 2.78. The molecule has 0 amide bonds. The van der Waals surface area contributed by atoms with Gasteiger partial charge in [-0.15, -0.1) is 0 Å². The number of fused-ring (bicyclic) bond motifs is 2. The molecule has 0 fully saturated rings. The van der Waals surface area contributed by atoms with Gasteiger partial charge in [-0.3, -0.25) is 5.41 Å². The number of nitrogens with two attached hydrogens (primary N) is 1. The number of allylic oxidation sites excluding steroid dienone is 1. The van der Waals surface area contributed by atoms with Crippen LogP contribution in [0.5, 0.6) is 0 Å². The van der Waals surface area contributed by atoms with Crippen LogP contribution in [0.4, 0.5) is 0 Å². The minimum atomic E-state index is 0.0954. The lowest BCUT2D eigenvalue weighted by molar-refractivity contribution is 0.978. The molecule has 1 aliphatic rings. The second kappa shape index (κ2) is 7.06. The van der Waals surface area contributed by atoms with Gasteiger partial charge < -0.3 is 5.73 Å². The van der Waals surface area contributed by atoms with Crippen LogP contribution in [0.25, 0.3) is 27.5 Å². The summed E-state index contributed by atoms with van der Waals surface area (Å²) in [7, 11) is 0. The van der Waals surface area contributed by atoms with Gasteiger partial charge in [-0.25, -0.2) is 0 Å². The van der Waals surface area contributed by atoms with E-state index in [4.69, 9.17) is 11.1 Å². The van der Waals surface area contributed by atoms with E-state index >= 15 is 0 Å². The molecular weight excluding hydrogens is 352 g/mol. The van der Waals surface area contributed by atoms with Crippen LogP contribution in [0.2, 0.25) is 0 Å². The quantitative estimate of drug-likeness (QED) is 0.327. The van der Waals surface area contributed by atoms with Gasteiger partial charge in [0.1, 0.15) is 5.84 Å². The van der Waals surface area contributed by atoms with Crippen molar-refractivity contribution >= 4 is 22.2 Å². The Kier molecular flexibility index (Phi) is 4.25. The van der Waals surface area contributed by atoms with Gasteiger partial charge in [0, 0.05) is 5.56 Å². The largest absolute Gasteiger partial charge is 0.384 e. The molecule has 4 aromatic carbocycles. The zero-order chi connectivity index (χ0) is 19.8. The first-order chi connectivity index (χ1) is 14.2. The van der Waals surface area contributed by atoms with Gasteiger partial charge in [-0.05, 0) is 75.2 Å². The highest BCUT2D eigenvalue weighted by molar-refractivity contribution is 6.01. The first-order valence-corrected chi connectivity index (χ1v) is 9.97. The number of hydrogen-bond acceptors (Lipinski definition) is 1. The highest BCUT2D eigenvalue weighted by Crippen LogP contribution is 2.36. The molecule has 0 heterocycles. The predicted octanol–water partition coefficient (Wildman–Crippen LogP) is 6.17. The Balaban J connectivity index is 1.74. The Morgan fingerprint density at radius 3 is 2.38 bits per heavy atom. The van der Waals surface area contributed by atoms with Crippen LogP contribution in [-0.2, 0) is 6.42 Å². The third-order valence-corrected chi connectivity index (χ3v) is 5.73. The summed E-state index contributed by atoms with van der Waals surface area (Å²) < 4.78 is 0. The van der Waals surface area contributed by atoms with Crippen molar-refractivity contribution in [1.82, 2.24) is 0 Å². The normalized spacial score (nSPS) is 13.0. The maximum Gasteiger partial charge on any atom is 0.122 e. The van der Waals surface area contributed by atoms with Crippen molar-refractivity contribution in [1.29, 1.82) is 5.41 Å². The van der Waals surface area contributed by atoms with Crippen LogP contribution < -0.4 is 5.73 Å². The van der Waals surface area contributed by atoms with E-state index < -0.39 is 0 Å². The number of benzene rings is 4. The summed E-state index contributed by atoms with van der Waals surface area (Å²) in [5.41, 5.74) is 14.0. The molecule has 0 atom stereocenters. The summed E-state index contributed by atoms with van der Waals surface area (Å²) in [6, 6.07) is 29.7. The second-order valence-electron chi connectivity index (χ2n) is 7.55. The summed E-state index contributed by atoms with van der Waals surface area (Å²) in [4.78, 5) is 0. The topological polar surface area (TPSA) is 49.9 Å². The number of amidine groups is 1. The van der Waals surface area contributed by atoms with E-state index in [0.29, 0.717) is 0 Å². The summed E-state index contributed by atoms with van der Waals surface area (Å²) >= 11 is 0. The van der Waals surface area contributed by atoms with E-state index in [-0.39, 0.29) is 5.84 Å². The number of nitrogen functional groups attached to an aromatic ring is 1. The zero-order valence-electron chi connectivity index (χ0n) is 16.2. The van der Waals surface area contributed by atoms with Crippen molar-refractivity contribution < 1.29 is 0 Å². The molecule has 0 saturated heterocycles. The molecule has 1 aliphatic carbocycles. The van der Waals surface area contributed by atoms with Gasteiger partial charge in [0.2, 0.25) is 0 Å². The molecule has 4 aromatic rings. The molecule has 2 nitrogen and oxygen atoms in total. The highest BCUT2D eigenvalue weighted by atomic mass is 14.7. The van der Waals surface area contributed by atoms with Crippen molar-refractivity contribution in [3.63, 3.8) is 0 Å². The van der Waals surface area contributed by atoms with E-state index in [0.717, 1.165) is 35.1 Å². The summed E-state index contributed by atoms with van der Waals surface area (Å²) in [5, 5.41) is 10.5. The van der Waals surface area contributed by atoms with Crippen LogP contribution in [0.1, 0.15) is 28.7 Å². The number of hydrogen-bond donors (Lipinski definition) is 2. The van der Waals surface area contributed by atoms with Crippen LogP contribution >= 0.6 is 0 Å². The minimum absolute atomic E-state index is 0.0954. The molecule has 0 spiro atoms. The van der Waals surface area contributed by atoms with Crippen molar-refractivity contribution in [2.24, 2.45) is 5.73 Å². The fourth-order valence-corrected chi connectivity index (χ4v) is 4.33. The Labute approximate surface area is 170 Å². The van der Waals surface area contributed by atoms with Crippen molar-refractivity contribution in [3.8, 4) is 11.1 Å². The summed E-state index contributed by atoms with van der Waals surface area (Å²) in [6.07, 6.45) is 4.41. The van der Waals surface area contributed by atoms with E-state index in [1.807, 2.05) is 12.1 Å². The molecule has 0 radical (unpaired) electrons. The van der Waals surface area contributed by atoms with Crippen LogP contribution in [-0.4, -0.2) is 5.84 Å². The lowest BCUT2D eigenvalue weighted by Crippen LogP contribution is -2.12. The lowest BCUT2D eigenvalue weighted by Gasteiger charge is -2.20. The zero-order valence-corrected chi connectivity index (χ0v) is 16.2. The van der Waals surface area contributed by atoms with Gasteiger partial charge in [0.15, 0.2) is 0 Å². The molecule has 2 heteroatoms. The van der Waals surface area contributed by atoms with E-state index in [1.165, 1.54) is 27.5 Å². The number of aryl methyl sites for hydroxylation is 1. The molecule has 0 aromatic heterocycles. The first kappa shape index (κ1) is 17.4. The molecule has 3 N–H and O–H groups in total. The van der Waals surface area contributed by atoms with E-state index in [2.05, 4.69) is 78.9 Å². The second-order valence-corrected chi connectivity index (χ2v) is 7.55. The maximum absolute atomic E-state index is 8.07. The predicted molar refractivity (Wildman–Crippen MR) is 122 cm³/mol. The Morgan fingerprint density at radius 2 is 1.48 bits per heavy atom. The fraction of sp³-hybridized carbons (Fsp3) is 0.0741. The van der Waals surface area contributed by atoms with Crippen LogP contribution in [0.3, 0.4) is 0 Å².